The number of amides is 2. The fourth-order valence-corrected chi connectivity index (χ4v) is 5.45. The topological polar surface area (TPSA) is 118 Å². The number of benzene rings is 2. The molecule has 0 saturated carbocycles. The van der Waals surface area contributed by atoms with Gasteiger partial charge in [0.15, 0.2) is 0 Å². The Morgan fingerprint density at radius 1 is 1.12 bits per heavy atom. The molecule has 2 atom stereocenters. The molecule has 43 heavy (non-hydrogen) atoms. The van der Waals surface area contributed by atoms with Crippen molar-refractivity contribution >= 4 is 46.0 Å². The van der Waals surface area contributed by atoms with Gasteiger partial charge in [-0.15, -0.1) is 0 Å². The number of likely N-dealkylation sites (N-methyl/N-ethyl adjacent to an activating group) is 2. The lowest BCUT2D eigenvalue weighted by molar-refractivity contribution is -0.111. The summed E-state index contributed by atoms with van der Waals surface area (Å²) in [5, 5.41) is 11.0. The lowest BCUT2D eigenvalue weighted by atomic mass is 10.00. The van der Waals surface area contributed by atoms with Gasteiger partial charge in [0.25, 0.3) is 5.91 Å². The number of H-pyrrole nitrogens is 1. The fraction of sp³-hybridized carbons (Fsp3) is 0.312. The van der Waals surface area contributed by atoms with Crippen LogP contribution in [-0.4, -0.2) is 88.9 Å². The van der Waals surface area contributed by atoms with Gasteiger partial charge in [0, 0.05) is 71.7 Å². The van der Waals surface area contributed by atoms with Gasteiger partial charge in [0.1, 0.15) is 0 Å². The van der Waals surface area contributed by atoms with Gasteiger partial charge in [0.05, 0.1) is 16.9 Å². The van der Waals surface area contributed by atoms with E-state index in [4.69, 9.17) is 16.6 Å². The predicted octanol–water partition coefficient (Wildman–Crippen LogP) is 4.64. The van der Waals surface area contributed by atoms with Gasteiger partial charge < -0.3 is 25.8 Å². The van der Waals surface area contributed by atoms with E-state index in [-0.39, 0.29) is 23.9 Å². The monoisotopic (exact) mass is 600 g/mol. The molecular formula is C32H37ClN8O2. The van der Waals surface area contributed by atoms with Crippen molar-refractivity contribution in [2.75, 3.05) is 50.9 Å². The Kier molecular flexibility index (Phi) is 9.71. The number of likely N-dealkylation sites (tertiary alicyclic amines) is 1. The highest BCUT2D eigenvalue weighted by Gasteiger charge is 2.28. The third-order valence-electron chi connectivity index (χ3n) is 7.38. The van der Waals surface area contributed by atoms with Crippen LogP contribution in [0.15, 0.2) is 73.1 Å². The molecule has 4 N–H and O–H groups in total. The molecule has 3 heterocycles. The molecule has 224 valence electrons. The lowest BCUT2D eigenvalue weighted by Gasteiger charge is -2.37. The molecule has 2 aromatic carbocycles. The molecule has 1 aliphatic rings. The molecule has 4 aromatic rings. The van der Waals surface area contributed by atoms with Crippen LogP contribution in [0.5, 0.6) is 0 Å². The van der Waals surface area contributed by atoms with E-state index in [1.807, 2.05) is 49.5 Å². The van der Waals surface area contributed by atoms with Crippen LogP contribution in [0.2, 0.25) is 5.02 Å². The van der Waals surface area contributed by atoms with Crippen LogP contribution in [-0.2, 0) is 4.79 Å². The lowest BCUT2D eigenvalue weighted by Crippen LogP contribution is -2.54. The van der Waals surface area contributed by atoms with Crippen molar-refractivity contribution in [1.82, 2.24) is 30.1 Å². The molecule has 1 aliphatic heterocycles. The first-order valence-corrected chi connectivity index (χ1v) is 14.8. The number of piperidine rings is 1. The maximum absolute atomic E-state index is 13.1. The van der Waals surface area contributed by atoms with E-state index in [2.05, 4.69) is 37.7 Å². The Morgan fingerprint density at radius 3 is 2.65 bits per heavy atom. The van der Waals surface area contributed by atoms with Crippen molar-refractivity contribution in [3.63, 3.8) is 0 Å². The number of anilines is 2. The van der Waals surface area contributed by atoms with Crippen LogP contribution in [0, 0.1) is 0 Å². The second-order valence-electron chi connectivity index (χ2n) is 11.0. The van der Waals surface area contributed by atoms with E-state index in [0.717, 1.165) is 36.1 Å². The zero-order chi connectivity index (χ0) is 30.3. The van der Waals surface area contributed by atoms with E-state index in [1.165, 1.54) is 6.08 Å². The summed E-state index contributed by atoms with van der Waals surface area (Å²) >= 11 is 6.53. The summed E-state index contributed by atoms with van der Waals surface area (Å²) in [7, 11) is 3.87. The molecule has 2 unspecified atom stereocenters. The van der Waals surface area contributed by atoms with Gasteiger partial charge in [-0.3, -0.25) is 14.5 Å². The van der Waals surface area contributed by atoms with Crippen LogP contribution in [0.4, 0.5) is 11.6 Å². The van der Waals surface area contributed by atoms with Crippen LogP contribution >= 0.6 is 11.6 Å². The third kappa shape index (κ3) is 7.78. The average molecular weight is 601 g/mol. The number of carbonyl (C=O) groups excluding carboxylic acids is 2. The number of rotatable bonds is 10. The summed E-state index contributed by atoms with van der Waals surface area (Å²) in [4.78, 5) is 42.0. The molecule has 1 saturated heterocycles. The van der Waals surface area contributed by atoms with Crippen molar-refractivity contribution in [3.05, 3.63) is 83.7 Å². The first kappa shape index (κ1) is 30.2. The first-order valence-electron chi connectivity index (χ1n) is 14.4. The van der Waals surface area contributed by atoms with Gasteiger partial charge in [-0.25, -0.2) is 9.97 Å². The van der Waals surface area contributed by atoms with Crippen molar-refractivity contribution in [3.8, 4) is 11.3 Å². The van der Waals surface area contributed by atoms with Crippen LogP contribution in [0.25, 0.3) is 22.2 Å². The Hall–Kier alpha value is -4.25. The molecule has 10 nitrogen and oxygen atoms in total. The molecule has 0 aliphatic carbocycles. The number of aromatic nitrogens is 3. The molecule has 0 spiro atoms. The number of para-hydroxylation sites is 1. The molecule has 1 fully saturated rings. The Labute approximate surface area is 256 Å². The number of hydrogen-bond acceptors (Lipinski definition) is 7. The molecule has 0 bridgehead atoms. The molecule has 2 amide bonds. The van der Waals surface area contributed by atoms with E-state index >= 15 is 0 Å². The Bertz CT molecular complexity index is 1600. The summed E-state index contributed by atoms with van der Waals surface area (Å²) in [6.07, 6.45) is 7.55. The van der Waals surface area contributed by atoms with E-state index in [0.29, 0.717) is 40.9 Å². The smallest absolute Gasteiger partial charge is 0.251 e. The van der Waals surface area contributed by atoms with Gasteiger partial charge in [-0.05, 0) is 57.4 Å². The summed E-state index contributed by atoms with van der Waals surface area (Å²) in [5.74, 6) is 0.124. The van der Waals surface area contributed by atoms with E-state index in [1.54, 1.807) is 36.5 Å². The molecular weight excluding hydrogens is 564 g/mol. The number of fused-ring (bicyclic) bond motifs is 1. The fourth-order valence-electron chi connectivity index (χ4n) is 5.26. The second kappa shape index (κ2) is 13.8. The van der Waals surface area contributed by atoms with Crippen molar-refractivity contribution in [2.45, 2.75) is 25.4 Å². The summed E-state index contributed by atoms with van der Waals surface area (Å²) < 4.78 is 0. The predicted molar refractivity (Wildman–Crippen MR) is 172 cm³/mol. The zero-order valence-electron chi connectivity index (χ0n) is 24.6. The van der Waals surface area contributed by atoms with Crippen molar-refractivity contribution in [2.24, 2.45) is 0 Å². The SMILES string of the molecule is CCN1CC(NC(=O)c2ccc(NC(=O)C=CCN(C)C)cc2)CC(Nc2ncc(Cl)c(-c3c[nH]c4ccccc34)n2)C1. The number of halogens is 1. The second-order valence-corrected chi connectivity index (χ2v) is 11.4. The molecule has 2 aromatic heterocycles. The minimum atomic E-state index is -0.210. The highest BCUT2D eigenvalue weighted by molar-refractivity contribution is 6.33. The third-order valence-corrected chi connectivity index (χ3v) is 7.66. The average Bonchev–Trinajstić information content (AvgIpc) is 3.42. The maximum Gasteiger partial charge on any atom is 0.251 e. The number of nitrogens with one attached hydrogen (secondary N) is 4. The molecule has 11 heteroatoms. The quantitative estimate of drug-likeness (QED) is 0.196. The summed E-state index contributed by atoms with van der Waals surface area (Å²) in [5.41, 5.74) is 3.75. The highest BCUT2D eigenvalue weighted by atomic mass is 35.5. The summed E-state index contributed by atoms with van der Waals surface area (Å²) in [6, 6.07) is 14.9. The molecule has 5 rings (SSSR count). The number of aromatic amines is 1. The number of nitrogens with zero attached hydrogens (tertiary/aromatic N) is 4. The van der Waals surface area contributed by atoms with Crippen LogP contribution < -0.4 is 16.0 Å². The molecule has 0 radical (unpaired) electrons. The Morgan fingerprint density at radius 2 is 1.88 bits per heavy atom. The van der Waals surface area contributed by atoms with Gasteiger partial charge >= 0.3 is 0 Å². The summed E-state index contributed by atoms with van der Waals surface area (Å²) in [6.45, 7) is 5.19. The van der Waals surface area contributed by atoms with Crippen molar-refractivity contribution in [1.29, 1.82) is 0 Å². The maximum atomic E-state index is 13.1. The number of hydrogen-bond donors (Lipinski definition) is 4. The van der Waals surface area contributed by atoms with E-state index in [9.17, 15) is 9.59 Å². The largest absolute Gasteiger partial charge is 0.360 e. The minimum absolute atomic E-state index is 0.0223. The first-order chi connectivity index (χ1) is 20.8. The zero-order valence-corrected chi connectivity index (χ0v) is 25.4. The van der Waals surface area contributed by atoms with Gasteiger partial charge in [-0.1, -0.05) is 42.8 Å². The van der Waals surface area contributed by atoms with Crippen LogP contribution in [0.3, 0.4) is 0 Å². The van der Waals surface area contributed by atoms with Crippen LogP contribution in [0.1, 0.15) is 23.7 Å². The van der Waals surface area contributed by atoms with E-state index < -0.39 is 0 Å². The standard InChI is InChI=1S/C32H37ClN8O2/c1-4-41-19-23(37-31(43)21-11-13-22(14-12-21)36-29(42)10-7-15-40(2)3)16-24(20-41)38-32-35-18-27(33)30(39-32)26-17-34-28-9-6-5-8-25(26)28/h5-14,17-18,23-24,34H,4,15-16,19-20H2,1-3H3,(H,36,42)(H,37,43)(H,35,38,39). The number of carbonyl (C=O) groups is 2. The van der Waals surface area contributed by atoms with Crippen molar-refractivity contribution < 1.29 is 9.59 Å². The Balaban J connectivity index is 1.22. The normalized spacial score (nSPS) is 17.4. The van der Waals surface area contributed by atoms with Gasteiger partial charge in [-0.2, -0.15) is 0 Å². The highest BCUT2D eigenvalue weighted by Crippen LogP contribution is 2.32. The van der Waals surface area contributed by atoms with Gasteiger partial charge in [0.2, 0.25) is 11.9 Å². The minimum Gasteiger partial charge on any atom is -0.360 e.